The highest BCUT2D eigenvalue weighted by Gasteiger charge is 2.20. The lowest BCUT2D eigenvalue weighted by Gasteiger charge is -2.26. The van der Waals surface area contributed by atoms with Crippen LogP contribution in [0, 0.1) is 11.3 Å². The third-order valence-electron chi connectivity index (χ3n) is 3.41. The van der Waals surface area contributed by atoms with Crippen LogP contribution in [0.1, 0.15) is 35.5 Å². The van der Waals surface area contributed by atoms with Crippen LogP contribution in [0.4, 0.5) is 0 Å². The topological polar surface area (TPSA) is 59.9 Å². The van der Waals surface area contributed by atoms with Crippen LogP contribution in [0.15, 0.2) is 41.4 Å². The van der Waals surface area contributed by atoms with E-state index in [0.717, 1.165) is 5.56 Å². The molecule has 0 aliphatic heterocycles. The number of nitriles is 1. The molecule has 0 unspecified atom stereocenters. The van der Waals surface area contributed by atoms with Crippen molar-refractivity contribution in [2.24, 2.45) is 0 Å². The number of amides is 1. The minimum absolute atomic E-state index is 0.0688. The maximum absolute atomic E-state index is 12.7. The third kappa shape index (κ3) is 3.71. The molecule has 1 aromatic heterocycles. The highest BCUT2D eigenvalue weighted by Crippen LogP contribution is 2.19. The number of carbonyl (C=O) groups excluding carboxylic acids is 1. The van der Waals surface area contributed by atoms with E-state index in [0.29, 0.717) is 17.8 Å². The van der Waals surface area contributed by atoms with E-state index in [1.165, 1.54) is 4.90 Å². The van der Waals surface area contributed by atoms with Gasteiger partial charge in [-0.15, -0.1) is 11.8 Å². The Morgan fingerprint density at radius 3 is 2.77 bits per heavy atom. The van der Waals surface area contributed by atoms with E-state index in [1.54, 1.807) is 28.9 Å². The normalized spacial score (nSPS) is 10.5. The first-order valence-electron chi connectivity index (χ1n) is 7.07. The average molecular weight is 313 g/mol. The number of thioether (sulfide) groups is 1. The second-order valence-corrected chi connectivity index (χ2v) is 6.17. The molecule has 0 aliphatic carbocycles. The quantitative estimate of drug-likeness (QED) is 0.857. The van der Waals surface area contributed by atoms with Crippen molar-refractivity contribution in [3.63, 3.8) is 0 Å². The van der Waals surface area contributed by atoms with E-state index in [9.17, 15) is 4.79 Å². The molecule has 1 heterocycles. The molecule has 4 nitrogen and oxygen atoms in total. The molecule has 5 heteroatoms. The van der Waals surface area contributed by atoms with Crippen molar-refractivity contribution in [2.75, 3.05) is 6.26 Å². The Labute approximate surface area is 135 Å². The first-order valence-corrected chi connectivity index (χ1v) is 8.30. The average Bonchev–Trinajstić information content (AvgIpc) is 3.01. The molecule has 0 saturated carbocycles. The number of aromatic amines is 1. The SMILES string of the molecule is CSc1cccc(CN(C(=O)c2cc(C#N)c[nH]2)C(C)C)c1. The van der Waals surface area contributed by atoms with E-state index in [4.69, 9.17) is 5.26 Å². The Balaban J connectivity index is 2.22. The second kappa shape index (κ2) is 7.19. The Bertz CT molecular complexity index is 700. The summed E-state index contributed by atoms with van der Waals surface area (Å²) >= 11 is 1.68. The van der Waals surface area contributed by atoms with Crippen molar-refractivity contribution in [3.8, 4) is 6.07 Å². The van der Waals surface area contributed by atoms with Gasteiger partial charge in [-0.05, 0) is 43.9 Å². The first-order chi connectivity index (χ1) is 10.5. The highest BCUT2D eigenvalue weighted by atomic mass is 32.2. The van der Waals surface area contributed by atoms with Gasteiger partial charge in [0, 0.05) is 23.7 Å². The summed E-state index contributed by atoms with van der Waals surface area (Å²) in [6.45, 7) is 4.53. The number of rotatable bonds is 5. The van der Waals surface area contributed by atoms with Crippen molar-refractivity contribution in [1.82, 2.24) is 9.88 Å². The number of hydrogen-bond acceptors (Lipinski definition) is 3. The monoisotopic (exact) mass is 313 g/mol. The molecular weight excluding hydrogens is 294 g/mol. The van der Waals surface area contributed by atoms with Crippen LogP contribution in [-0.4, -0.2) is 28.1 Å². The minimum Gasteiger partial charge on any atom is -0.356 e. The Hall–Kier alpha value is -2.19. The molecule has 0 spiro atoms. The molecule has 1 aromatic carbocycles. The van der Waals surface area contributed by atoms with Gasteiger partial charge < -0.3 is 9.88 Å². The summed E-state index contributed by atoms with van der Waals surface area (Å²) < 4.78 is 0. The minimum atomic E-state index is -0.0916. The smallest absolute Gasteiger partial charge is 0.270 e. The van der Waals surface area contributed by atoms with Crippen LogP contribution in [0.2, 0.25) is 0 Å². The summed E-state index contributed by atoms with van der Waals surface area (Å²) in [4.78, 5) is 18.5. The summed E-state index contributed by atoms with van der Waals surface area (Å²) in [7, 11) is 0. The van der Waals surface area contributed by atoms with Crippen LogP contribution < -0.4 is 0 Å². The van der Waals surface area contributed by atoms with Crippen LogP contribution in [-0.2, 0) is 6.54 Å². The van der Waals surface area contributed by atoms with Crippen molar-refractivity contribution in [2.45, 2.75) is 31.3 Å². The van der Waals surface area contributed by atoms with E-state index < -0.39 is 0 Å². The van der Waals surface area contributed by atoms with Crippen LogP contribution in [0.25, 0.3) is 0 Å². The summed E-state index contributed by atoms with van der Waals surface area (Å²) in [6, 6.07) is 11.9. The zero-order chi connectivity index (χ0) is 16.1. The van der Waals surface area contributed by atoms with Crippen molar-refractivity contribution in [1.29, 1.82) is 5.26 Å². The Morgan fingerprint density at radius 2 is 2.18 bits per heavy atom. The molecular formula is C17H19N3OS. The fourth-order valence-corrected chi connectivity index (χ4v) is 2.68. The molecule has 0 aliphatic rings. The Kier molecular flexibility index (Phi) is 5.29. The van der Waals surface area contributed by atoms with Gasteiger partial charge in [0.1, 0.15) is 11.8 Å². The van der Waals surface area contributed by atoms with E-state index in [1.807, 2.05) is 38.3 Å². The molecule has 0 atom stereocenters. The van der Waals surface area contributed by atoms with Gasteiger partial charge in [-0.3, -0.25) is 4.79 Å². The first kappa shape index (κ1) is 16.2. The Morgan fingerprint density at radius 1 is 1.41 bits per heavy atom. The number of H-pyrrole nitrogens is 1. The van der Waals surface area contributed by atoms with Gasteiger partial charge in [-0.25, -0.2) is 0 Å². The largest absolute Gasteiger partial charge is 0.356 e. The predicted molar refractivity (Wildman–Crippen MR) is 88.7 cm³/mol. The van der Waals surface area contributed by atoms with Gasteiger partial charge in [0.25, 0.3) is 5.91 Å². The lowest BCUT2D eigenvalue weighted by molar-refractivity contribution is 0.0685. The molecule has 0 saturated heterocycles. The standard InChI is InChI=1S/C17H19N3OS/c1-12(2)20(11-13-5-4-6-15(7-13)22-3)17(21)16-8-14(9-18)10-19-16/h4-8,10,12,19H,11H2,1-3H3. The zero-order valence-electron chi connectivity index (χ0n) is 13.0. The molecule has 22 heavy (non-hydrogen) atoms. The van der Waals surface area contributed by atoms with Gasteiger partial charge in [-0.1, -0.05) is 12.1 Å². The van der Waals surface area contributed by atoms with Gasteiger partial charge in [0.05, 0.1) is 5.56 Å². The number of nitrogens with one attached hydrogen (secondary N) is 1. The number of hydrogen-bond donors (Lipinski definition) is 1. The number of carbonyl (C=O) groups is 1. The second-order valence-electron chi connectivity index (χ2n) is 5.29. The lowest BCUT2D eigenvalue weighted by atomic mass is 10.1. The fourth-order valence-electron chi connectivity index (χ4n) is 2.19. The van der Waals surface area contributed by atoms with Gasteiger partial charge in [0.2, 0.25) is 0 Å². The summed E-state index contributed by atoms with van der Waals surface area (Å²) in [5, 5.41) is 8.88. The van der Waals surface area contributed by atoms with E-state index >= 15 is 0 Å². The number of aromatic nitrogens is 1. The van der Waals surface area contributed by atoms with Crippen LogP contribution in [0.5, 0.6) is 0 Å². The van der Waals surface area contributed by atoms with Gasteiger partial charge in [-0.2, -0.15) is 5.26 Å². The van der Waals surface area contributed by atoms with Crippen LogP contribution >= 0.6 is 11.8 Å². The van der Waals surface area contributed by atoms with E-state index in [2.05, 4.69) is 17.1 Å². The summed E-state index contributed by atoms with van der Waals surface area (Å²) in [5.41, 5.74) is 2.02. The van der Waals surface area contributed by atoms with Gasteiger partial charge >= 0.3 is 0 Å². The van der Waals surface area contributed by atoms with Gasteiger partial charge in [0.15, 0.2) is 0 Å². The molecule has 1 amide bonds. The number of benzene rings is 1. The predicted octanol–water partition coefficient (Wildman–Crippen LogP) is 3.66. The number of nitrogens with zero attached hydrogens (tertiary/aromatic N) is 2. The van der Waals surface area contributed by atoms with Crippen molar-refractivity contribution >= 4 is 17.7 Å². The van der Waals surface area contributed by atoms with Crippen LogP contribution in [0.3, 0.4) is 0 Å². The highest BCUT2D eigenvalue weighted by molar-refractivity contribution is 7.98. The molecule has 2 rings (SSSR count). The molecule has 0 bridgehead atoms. The lowest BCUT2D eigenvalue weighted by Crippen LogP contribution is -2.36. The summed E-state index contributed by atoms with van der Waals surface area (Å²) in [5.74, 6) is -0.0916. The maximum atomic E-state index is 12.7. The fraction of sp³-hybridized carbons (Fsp3) is 0.294. The van der Waals surface area contributed by atoms with Crippen molar-refractivity contribution in [3.05, 3.63) is 53.3 Å². The third-order valence-corrected chi connectivity index (χ3v) is 4.14. The van der Waals surface area contributed by atoms with E-state index in [-0.39, 0.29) is 11.9 Å². The maximum Gasteiger partial charge on any atom is 0.270 e. The molecule has 0 fully saturated rings. The molecule has 2 aromatic rings. The van der Waals surface area contributed by atoms with Crippen molar-refractivity contribution < 1.29 is 4.79 Å². The molecule has 114 valence electrons. The molecule has 0 radical (unpaired) electrons. The zero-order valence-corrected chi connectivity index (χ0v) is 13.8. The summed E-state index contributed by atoms with van der Waals surface area (Å²) in [6.07, 6.45) is 3.59. The molecule has 1 N–H and O–H groups in total.